The van der Waals surface area contributed by atoms with Gasteiger partial charge < -0.3 is 4.98 Å². The molecule has 15 heavy (non-hydrogen) atoms. The second-order valence-electron chi connectivity index (χ2n) is 2.64. The van der Waals surface area contributed by atoms with Crippen molar-refractivity contribution in [3.8, 4) is 0 Å². The van der Waals surface area contributed by atoms with Crippen LogP contribution in [0.2, 0.25) is 0 Å². The molecule has 0 aromatic carbocycles. The van der Waals surface area contributed by atoms with Crippen LogP contribution < -0.4 is 5.32 Å². The van der Waals surface area contributed by atoms with Gasteiger partial charge in [-0.05, 0) is 23.9 Å². The number of hydrogen-bond donors (Lipinski definition) is 2. The zero-order valence-electron chi connectivity index (χ0n) is 7.68. The van der Waals surface area contributed by atoms with Gasteiger partial charge in [0.05, 0.1) is 0 Å². The summed E-state index contributed by atoms with van der Waals surface area (Å²) in [6.45, 7) is 0. The molecule has 76 valence electrons. The maximum absolute atomic E-state index is 11.5. The lowest BCUT2D eigenvalue weighted by atomic mass is 10.5. The summed E-state index contributed by atoms with van der Waals surface area (Å²) in [6, 6.07) is 3.54. The highest BCUT2D eigenvalue weighted by Gasteiger charge is 2.05. The SMILES string of the molecule is O=C(Nc1ncc[nH]1)Sc1ccncc1. The molecule has 0 bridgehead atoms. The van der Waals surface area contributed by atoms with Crippen LogP contribution in [0.4, 0.5) is 10.7 Å². The fraction of sp³-hybridized carbons (Fsp3) is 0. The number of hydrogen-bond acceptors (Lipinski definition) is 4. The van der Waals surface area contributed by atoms with Crippen molar-refractivity contribution in [2.45, 2.75) is 4.90 Å². The van der Waals surface area contributed by atoms with Gasteiger partial charge in [-0.25, -0.2) is 4.98 Å². The third-order valence-corrected chi connectivity index (χ3v) is 2.37. The summed E-state index contributed by atoms with van der Waals surface area (Å²) in [4.78, 5) is 22.8. The number of H-pyrrole nitrogens is 1. The molecule has 0 aliphatic heterocycles. The van der Waals surface area contributed by atoms with E-state index >= 15 is 0 Å². The molecule has 2 rings (SSSR count). The molecule has 5 nitrogen and oxygen atoms in total. The molecular weight excluding hydrogens is 212 g/mol. The van der Waals surface area contributed by atoms with E-state index in [9.17, 15) is 4.79 Å². The highest BCUT2D eigenvalue weighted by molar-refractivity contribution is 8.13. The van der Waals surface area contributed by atoms with Gasteiger partial charge in [-0.1, -0.05) is 0 Å². The van der Waals surface area contributed by atoms with Crippen LogP contribution in [0.15, 0.2) is 41.8 Å². The molecule has 0 atom stereocenters. The Kier molecular flexibility index (Phi) is 2.99. The third-order valence-electron chi connectivity index (χ3n) is 1.58. The summed E-state index contributed by atoms with van der Waals surface area (Å²) < 4.78 is 0. The quantitative estimate of drug-likeness (QED) is 0.760. The number of carbonyl (C=O) groups is 1. The summed E-state index contributed by atoms with van der Waals surface area (Å²) in [5, 5.41) is 2.42. The van der Waals surface area contributed by atoms with Gasteiger partial charge in [0.2, 0.25) is 5.95 Å². The molecule has 0 radical (unpaired) electrons. The highest BCUT2D eigenvalue weighted by Crippen LogP contribution is 2.18. The van der Waals surface area contributed by atoms with Gasteiger partial charge in [0, 0.05) is 29.7 Å². The number of nitrogens with one attached hydrogen (secondary N) is 2. The van der Waals surface area contributed by atoms with E-state index in [1.807, 2.05) is 0 Å². The summed E-state index contributed by atoms with van der Waals surface area (Å²) in [5.74, 6) is 0.446. The number of pyridine rings is 1. The molecule has 6 heteroatoms. The Bertz CT molecular complexity index is 429. The van der Waals surface area contributed by atoms with E-state index in [1.165, 1.54) is 0 Å². The normalized spacial score (nSPS) is 9.87. The molecule has 0 aliphatic carbocycles. The van der Waals surface area contributed by atoms with Crippen molar-refractivity contribution in [3.05, 3.63) is 36.9 Å². The van der Waals surface area contributed by atoms with Gasteiger partial charge in [0.15, 0.2) is 0 Å². The van der Waals surface area contributed by atoms with E-state index in [4.69, 9.17) is 0 Å². The number of imidazole rings is 1. The predicted octanol–water partition coefficient (Wildman–Crippen LogP) is 2.13. The van der Waals surface area contributed by atoms with Gasteiger partial charge in [-0.2, -0.15) is 0 Å². The molecule has 2 N–H and O–H groups in total. The minimum atomic E-state index is -0.184. The molecule has 0 fully saturated rings. The zero-order chi connectivity index (χ0) is 10.5. The van der Waals surface area contributed by atoms with E-state index in [-0.39, 0.29) is 5.24 Å². The van der Waals surface area contributed by atoms with E-state index in [1.54, 1.807) is 36.9 Å². The molecule has 2 aromatic heterocycles. The molecule has 0 aliphatic rings. The van der Waals surface area contributed by atoms with Crippen LogP contribution >= 0.6 is 11.8 Å². The van der Waals surface area contributed by atoms with Crippen molar-refractivity contribution in [1.29, 1.82) is 0 Å². The number of carbonyl (C=O) groups excluding carboxylic acids is 1. The van der Waals surface area contributed by atoms with Crippen LogP contribution in [0, 0.1) is 0 Å². The number of thioether (sulfide) groups is 1. The Labute approximate surface area is 90.3 Å². The molecule has 0 saturated carbocycles. The van der Waals surface area contributed by atoms with Crippen molar-refractivity contribution in [2.24, 2.45) is 0 Å². The fourth-order valence-corrected chi connectivity index (χ4v) is 1.59. The minimum absolute atomic E-state index is 0.184. The largest absolute Gasteiger partial charge is 0.331 e. The molecular formula is C9H8N4OS. The number of rotatable bonds is 2. The van der Waals surface area contributed by atoms with Gasteiger partial charge in [-0.3, -0.25) is 15.1 Å². The Balaban J connectivity index is 1.94. The zero-order valence-corrected chi connectivity index (χ0v) is 8.49. The average Bonchev–Trinajstić information content (AvgIpc) is 2.71. The molecule has 0 unspecified atom stereocenters. The number of amides is 1. The van der Waals surface area contributed by atoms with Crippen molar-refractivity contribution < 1.29 is 4.79 Å². The van der Waals surface area contributed by atoms with Crippen LogP contribution in [0.1, 0.15) is 0 Å². The van der Waals surface area contributed by atoms with Crippen LogP contribution in [0.25, 0.3) is 0 Å². The molecule has 2 heterocycles. The van der Waals surface area contributed by atoms with E-state index < -0.39 is 0 Å². The molecule has 0 spiro atoms. The number of nitrogens with zero attached hydrogens (tertiary/aromatic N) is 2. The number of aromatic nitrogens is 3. The van der Waals surface area contributed by atoms with Crippen LogP contribution in [-0.4, -0.2) is 20.2 Å². The smallest absolute Gasteiger partial charge is 0.290 e. The first-order chi connectivity index (χ1) is 7.34. The lowest BCUT2D eigenvalue weighted by molar-refractivity contribution is 0.269. The van der Waals surface area contributed by atoms with Crippen molar-refractivity contribution in [1.82, 2.24) is 15.0 Å². The molecule has 1 amide bonds. The van der Waals surface area contributed by atoms with Crippen molar-refractivity contribution in [2.75, 3.05) is 5.32 Å². The van der Waals surface area contributed by atoms with Crippen LogP contribution in [0.3, 0.4) is 0 Å². The van der Waals surface area contributed by atoms with Crippen molar-refractivity contribution >= 4 is 22.9 Å². The minimum Gasteiger partial charge on any atom is -0.331 e. The van der Waals surface area contributed by atoms with Crippen LogP contribution in [0.5, 0.6) is 0 Å². The van der Waals surface area contributed by atoms with Gasteiger partial charge >= 0.3 is 0 Å². The summed E-state index contributed by atoms with van der Waals surface area (Å²) in [7, 11) is 0. The van der Waals surface area contributed by atoms with Gasteiger partial charge in [0.25, 0.3) is 5.24 Å². The Morgan fingerprint density at radius 2 is 2.13 bits per heavy atom. The fourth-order valence-electron chi connectivity index (χ4n) is 0.969. The average molecular weight is 220 g/mol. The first-order valence-corrected chi connectivity index (χ1v) is 5.04. The molecule has 2 aromatic rings. The Morgan fingerprint density at radius 3 is 2.80 bits per heavy atom. The topological polar surface area (TPSA) is 70.7 Å². The second kappa shape index (κ2) is 4.61. The molecule has 0 saturated heterocycles. The van der Waals surface area contributed by atoms with E-state index in [2.05, 4.69) is 20.3 Å². The number of anilines is 1. The van der Waals surface area contributed by atoms with Gasteiger partial charge in [-0.15, -0.1) is 0 Å². The lowest BCUT2D eigenvalue weighted by Crippen LogP contribution is -2.05. The first-order valence-electron chi connectivity index (χ1n) is 4.23. The summed E-state index contributed by atoms with van der Waals surface area (Å²) in [5.41, 5.74) is 0. The summed E-state index contributed by atoms with van der Waals surface area (Å²) in [6.07, 6.45) is 6.50. The van der Waals surface area contributed by atoms with Gasteiger partial charge in [0.1, 0.15) is 0 Å². The predicted molar refractivity (Wildman–Crippen MR) is 57.7 cm³/mol. The lowest BCUT2D eigenvalue weighted by Gasteiger charge is -2.00. The summed E-state index contributed by atoms with van der Waals surface area (Å²) >= 11 is 1.09. The number of aromatic amines is 1. The van der Waals surface area contributed by atoms with E-state index in [0.717, 1.165) is 16.7 Å². The maximum Gasteiger partial charge on any atom is 0.290 e. The standard InChI is InChI=1S/C9H8N4OS/c14-9(13-8-11-5-6-12-8)15-7-1-3-10-4-2-7/h1-6H,(H2,11,12,13,14). The monoisotopic (exact) mass is 220 g/mol. The Hall–Kier alpha value is -1.82. The van der Waals surface area contributed by atoms with Crippen molar-refractivity contribution in [3.63, 3.8) is 0 Å². The van der Waals surface area contributed by atoms with E-state index in [0.29, 0.717) is 5.95 Å². The first kappa shape index (κ1) is 9.72. The highest BCUT2D eigenvalue weighted by atomic mass is 32.2. The second-order valence-corrected chi connectivity index (χ2v) is 3.68. The third kappa shape index (κ3) is 2.81. The Morgan fingerprint density at radius 1 is 1.33 bits per heavy atom. The van der Waals surface area contributed by atoms with Crippen LogP contribution in [-0.2, 0) is 0 Å². The maximum atomic E-state index is 11.5.